The van der Waals surface area contributed by atoms with E-state index in [9.17, 15) is 9.59 Å². The van der Waals surface area contributed by atoms with Gasteiger partial charge in [-0.2, -0.15) is 0 Å². The van der Waals surface area contributed by atoms with Gasteiger partial charge < -0.3 is 10.2 Å². The maximum atomic E-state index is 12.9. The van der Waals surface area contributed by atoms with E-state index >= 15 is 0 Å². The number of para-hydroxylation sites is 2. The summed E-state index contributed by atoms with van der Waals surface area (Å²) in [5.41, 5.74) is 3.76. The van der Waals surface area contributed by atoms with Crippen molar-refractivity contribution in [1.82, 2.24) is 14.5 Å². The lowest BCUT2D eigenvalue weighted by Crippen LogP contribution is -2.43. The molecule has 1 aromatic heterocycles. The molecule has 1 N–H and O–H groups in total. The number of hydrogen-bond acceptors (Lipinski definition) is 3. The van der Waals surface area contributed by atoms with E-state index in [2.05, 4.69) is 17.2 Å². The maximum absolute atomic E-state index is 12.9. The van der Waals surface area contributed by atoms with Crippen LogP contribution in [0.5, 0.6) is 0 Å². The predicted molar refractivity (Wildman–Crippen MR) is 115 cm³/mol. The Morgan fingerprint density at radius 3 is 2.66 bits per heavy atom. The molecule has 1 saturated heterocycles. The molecule has 0 radical (unpaired) electrons. The Hall–Kier alpha value is -3.15. The van der Waals surface area contributed by atoms with Crippen molar-refractivity contribution in [2.75, 3.05) is 18.4 Å². The minimum Gasteiger partial charge on any atom is -0.324 e. The maximum Gasteiger partial charge on any atom is 0.321 e. The second-order valence-electron chi connectivity index (χ2n) is 7.59. The second-order valence-corrected chi connectivity index (χ2v) is 7.59. The minimum absolute atomic E-state index is 0.00141. The highest BCUT2D eigenvalue weighted by Crippen LogP contribution is 2.23. The van der Waals surface area contributed by atoms with Crippen LogP contribution < -0.4 is 10.9 Å². The number of likely N-dealkylation sites (tertiary alicyclic amines) is 1. The minimum atomic E-state index is -0.0797. The average molecular weight is 390 g/mol. The first-order valence-corrected chi connectivity index (χ1v) is 10.2. The second kappa shape index (κ2) is 8.07. The monoisotopic (exact) mass is 390 g/mol. The van der Waals surface area contributed by atoms with Crippen LogP contribution in [0.2, 0.25) is 0 Å². The molecule has 1 aliphatic rings. The molecule has 0 atom stereocenters. The quantitative estimate of drug-likeness (QED) is 0.731. The van der Waals surface area contributed by atoms with Gasteiger partial charge in [-0.25, -0.2) is 9.78 Å². The van der Waals surface area contributed by atoms with E-state index in [0.29, 0.717) is 18.5 Å². The van der Waals surface area contributed by atoms with Crippen molar-refractivity contribution in [3.63, 3.8) is 0 Å². The molecule has 2 amide bonds. The van der Waals surface area contributed by atoms with E-state index < -0.39 is 0 Å². The number of rotatable bonds is 3. The molecular formula is C23H26N4O2. The van der Waals surface area contributed by atoms with Crippen molar-refractivity contribution in [3.05, 3.63) is 70.3 Å². The fourth-order valence-corrected chi connectivity index (χ4v) is 4.07. The zero-order chi connectivity index (χ0) is 20.4. The molecule has 1 aliphatic heterocycles. The Kier molecular flexibility index (Phi) is 5.34. The van der Waals surface area contributed by atoms with E-state index in [1.165, 1.54) is 0 Å². The van der Waals surface area contributed by atoms with Crippen LogP contribution >= 0.6 is 0 Å². The molecule has 2 heterocycles. The van der Waals surface area contributed by atoms with E-state index in [-0.39, 0.29) is 17.6 Å². The lowest BCUT2D eigenvalue weighted by Gasteiger charge is -2.33. The molecule has 1 fully saturated rings. The van der Waals surface area contributed by atoms with Crippen LogP contribution in [-0.2, 0) is 6.42 Å². The number of hydrogen-bond donors (Lipinski definition) is 1. The number of fused-ring (bicyclic) bond motifs is 1. The summed E-state index contributed by atoms with van der Waals surface area (Å²) < 4.78 is 1.74. The SMILES string of the molecule is CCc1ccccc1NC(=O)N1CCC(n2cnc3c(C)cccc3c2=O)CC1. The molecular weight excluding hydrogens is 364 g/mol. The third kappa shape index (κ3) is 3.75. The van der Waals surface area contributed by atoms with Crippen LogP contribution in [0, 0.1) is 6.92 Å². The summed E-state index contributed by atoms with van der Waals surface area (Å²) in [7, 11) is 0. The van der Waals surface area contributed by atoms with Gasteiger partial charge >= 0.3 is 6.03 Å². The van der Waals surface area contributed by atoms with Gasteiger partial charge in [0.15, 0.2) is 0 Å². The zero-order valence-electron chi connectivity index (χ0n) is 16.9. The zero-order valence-corrected chi connectivity index (χ0v) is 16.9. The van der Waals surface area contributed by atoms with Crippen LogP contribution in [0.25, 0.3) is 10.9 Å². The molecule has 0 saturated carbocycles. The number of urea groups is 1. The molecule has 150 valence electrons. The lowest BCUT2D eigenvalue weighted by molar-refractivity contribution is 0.182. The van der Waals surface area contributed by atoms with Crippen molar-refractivity contribution >= 4 is 22.6 Å². The normalized spacial score (nSPS) is 14.9. The number of aryl methyl sites for hydroxylation is 2. The highest BCUT2D eigenvalue weighted by Gasteiger charge is 2.25. The third-order valence-corrected chi connectivity index (χ3v) is 5.80. The Morgan fingerprint density at radius 2 is 1.90 bits per heavy atom. The van der Waals surface area contributed by atoms with Gasteiger partial charge in [-0.05, 0) is 49.4 Å². The first-order valence-electron chi connectivity index (χ1n) is 10.2. The van der Waals surface area contributed by atoms with E-state index in [4.69, 9.17) is 0 Å². The highest BCUT2D eigenvalue weighted by molar-refractivity contribution is 5.90. The summed E-state index contributed by atoms with van der Waals surface area (Å²) in [6.45, 7) is 5.27. The average Bonchev–Trinajstić information content (AvgIpc) is 2.75. The van der Waals surface area contributed by atoms with E-state index in [1.807, 2.05) is 54.3 Å². The van der Waals surface area contributed by atoms with E-state index in [0.717, 1.165) is 41.6 Å². The number of aromatic nitrogens is 2. The van der Waals surface area contributed by atoms with Crippen molar-refractivity contribution in [3.8, 4) is 0 Å². The lowest BCUT2D eigenvalue weighted by atomic mass is 10.0. The standard InChI is InChI=1S/C23H26N4O2/c1-3-17-8-4-5-10-20(17)25-23(29)26-13-11-18(12-14-26)27-15-24-21-16(2)7-6-9-19(21)22(27)28/h4-10,15,18H,3,11-14H2,1-2H3,(H,25,29). The Morgan fingerprint density at radius 1 is 1.14 bits per heavy atom. The summed E-state index contributed by atoms with van der Waals surface area (Å²) in [6, 6.07) is 13.6. The van der Waals surface area contributed by atoms with Gasteiger partial charge in [0.1, 0.15) is 0 Å². The molecule has 0 spiro atoms. The molecule has 6 nitrogen and oxygen atoms in total. The van der Waals surface area contributed by atoms with Crippen LogP contribution in [-0.4, -0.2) is 33.6 Å². The molecule has 0 unspecified atom stereocenters. The summed E-state index contributed by atoms with van der Waals surface area (Å²) >= 11 is 0. The molecule has 3 aromatic rings. The fourth-order valence-electron chi connectivity index (χ4n) is 4.07. The molecule has 4 rings (SSSR count). The van der Waals surface area contributed by atoms with Gasteiger partial charge in [0.2, 0.25) is 0 Å². The largest absolute Gasteiger partial charge is 0.324 e. The van der Waals surface area contributed by atoms with Gasteiger partial charge in [-0.15, -0.1) is 0 Å². The summed E-state index contributed by atoms with van der Waals surface area (Å²) in [4.78, 5) is 32.0. The van der Waals surface area contributed by atoms with E-state index in [1.54, 1.807) is 10.9 Å². The molecule has 29 heavy (non-hydrogen) atoms. The molecule has 0 bridgehead atoms. The number of anilines is 1. The number of piperidine rings is 1. The summed E-state index contributed by atoms with van der Waals surface area (Å²) in [6.07, 6.45) is 4.01. The third-order valence-electron chi connectivity index (χ3n) is 5.80. The Labute approximate surface area is 170 Å². The number of carbonyl (C=O) groups is 1. The van der Waals surface area contributed by atoms with Gasteiger partial charge in [-0.3, -0.25) is 9.36 Å². The topological polar surface area (TPSA) is 67.2 Å². The first-order chi connectivity index (χ1) is 14.1. The number of amides is 2. The number of carbonyl (C=O) groups excluding carboxylic acids is 1. The smallest absolute Gasteiger partial charge is 0.321 e. The molecule has 6 heteroatoms. The van der Waals surface area contributed by atoms with Crippen LogP contribution in [0.1, 0.15) is 36.9 Å². The van der Waals surface area contributed by atoms with Crippen LogP contribution in [0.3, 0.4) is 0 Å². The van der Waals surface area contributed by atoms with Crippen molar-refractivity contribution in [2.24, 2.45) is 0 Å². The van der Waals surface area contributed by atoms with Gasteiger partial charge in [0.25, 0.3) is 5.56 Å². The summed E-state index contributed by atoms with van der Waals surface area (Å²) in [5, 5.41) is 3.69. The van der Waals surface area contributed by atoms with Crippen molar-refractivity contribution in [2.45, 2.75) is 39.2 Å². The number of nitrogens with one attached hydrogen (secondary N) is 1. The fraction of sp³-hybridized carbons (Fsp3) is 0.348. The number of benzene rings is 2. The van der Waals surface area contributed by atoms with Gasteiger partial charge in [-0.1, -0.05) is 37.3 Å². The molecule has 0 aliphatic carbocycles. The van der Waals surface area contributed by atoms with Gasteiger partial charge in [0.05, 0.1) is 17.2 Å². The van der Waals surface area contributed by atoms with Crippen molar-refractivity contribution < 1.29 is 4.79 Å². The Balaban J connectivity index is 1.46. The van der Waals surface area contributed by atoms with Crippen LogP contribution in [0.4, 0.5) is 10.5 Å². The van der Waals surface area contributed by atoms with Crippen molar-refractivity contribution in [1.29, 1.82) is 0 Å². The molecule has 2 aromatic carbocycles. The van der Waals surface area contributed by atoms with Gasteiger partial charge in [0, 0.05) is 24.8 Å². The van der Waals surface area contributed by atoms with Crippen LogP contribution in [0.15, 0.2) is 53.6 Å². The number of nitrogens with zero attached hydrogens (tertiary/aromatic N) is 3. The highest BCUT2D eigenvalue weighted by atomic mass is 16.2. The summed E-state index contributed by atoms with van der Waals surface area (Å²) in [5.74, 6) is 0. The predicted octanol–water partition coefficient (Wildman–Crippen LogP) is 4.14. The first kappa shape index (κ1) is 19.2. The Bertz CT molecular complexity index is 1100.